The fourth-order valence-corrected chi connectivity index (χ4v) is 3.53. The number of hydrogen-bond acceptors (Lipinski definition) is 4. The molecule has 0 radical (unpaired) electrons. The van der Waals surface area contributed by atoms with Crippen LogP contribution in [0.15, 0.2) is 66.7 Å². The fourth-order valence-electron chi connectivity index (χ4n) is 3.41. The fraction of sp³-hybridized carbons (Fsp3) is 0.227. The molecule has 142 valence electrons. The lowest BCUT2D eigenvalue weighted by molar-refractivity contribution is -0.120. The summed E-state index contributed by atoms with van der Waals surface area (Å²) in [6.45, 7) is 1.58. The second-order valence-corrected chi connectivity index (χ2v) is 7.34. The van der Waals surface area contributed by atoms with Crippen molar-refractivity contribution >= 4 is 29.0 Å². The van der Waals surface area contributed by atoms with Crippen molar-refractivity contribution in [2.75, 3.05) is 23.3 Å². The topological polar surface area (TPSA) is 58.1 Å². The van der Waals surface area contributed by atoms with E-state index >= 15 is 0 Å². The standard InChI is InChI=1S/C22H21ClN4O/c23-18-6-8-19(9-7-18)24-22(28)17-12-14-27(15-13-17)21-11-10-20(25-26-21)16-4-2-1-3-5-16/h1-11,17H,12-15H2,(H,24,28). The quantitative estimate of drug-likeness (QED) is 0.702. The average Bonchev–Trinajstić information content (AvgIpc) is 2.76. The van der Waals surface area contributed by atoms with E-state index in [1.807, 2.05) is 54.6 Å². The van der Waals surface area contributed by atoms with Gasteiger partial charge in [-0.1, -0.05) is 41.9 Å². The van der Waals surface area contributed by atoms with Crippen LogP contribution in [0.25, 0.3) is 11.3 Å². The first-order valence-electron chi connectivity index (χ1n) is 9.39. The number of halogens is 1. The molecular formula is C22H21ClN4O. The van der Waals surface area contributed by atoms with Crippen LogP contribution in [0.4, 0.5) is 11.5 Å². The monoisotopic (exact) mass is 392 g/mol. The summed E-state index contributed by atoms with van der Waals surface area (Å²) in [6, 6.07) is 21.2. The van der Waals surface area contributed by atoms with Crippen molar-refractivity contribution in [2.45, 2.75) is 12.8 Å². The molecule has 6 heteroatoms. The zero-order valence-corrected chi connectivity index (χ0v) is 16.1. The van der Waals surface area contributed by atoms with E-state index in [1.54, 1.807) is 12.1 Å². The van der Waals surface area contributed by atoms with E-state index < -0.39 is 0 Å². The van der Waals surface area contributed by atoms with Gasteiger partial charge in [-0.25, -0.2) is 0 Å². The summed E-state index contributed by atoms with van der Waals surface area (Å²) in [5.41, 5.74) is 2.69. The van der Waals surface area contributed by atoms with Crippen LogP contribution < -0.4 is 10.2 Å². The summed E-state index contributed by atoms with van der Waals surface area (Å²) in [5.74, 6) is 0.923. The number of amides is 1. The SMILES string of the molecule is O=C(Nc1ccc(Cl)cc1)C1CCN(c2ccc(-c3ccccc3)nn2)CC1. The molecular weight excluding hydrogens is 372 g/mol. The Morgan fingerprint density at radius 2 is 1.64 bits per heavy atom. The summed E-state index contributed by atoms with van der Waals surface area (Å²) >= 11 is 5.89. The van der Waals surface area contributed by atoms with Crippen molar-refractivity contribution in [1.82, 2.24) is 10.2 Å². The highest BCUT2D eigenvalue weighted by atomic mass is 35.5. The number of carbonyl (C=O) groups excluding carboxylic acids is 1. The smallest absolute Gasteiger partial charge is 0.227 e. The van der Waals surface area contributed by atoms with E-state index in [4.69, 9.17) is 11.6 Å². The van der Waals surface area contributed by atoms with E-state index in [0.717, 1.165) is 48.7 Å². The van der Waals surface area contributed by atoms with Gasteiger partial charge in [-0.2, -0.15) is 0 Å². The van der Waals surface area contributed by atoms with Gasteiger partial charge < -0.3 is 10.2 Å². The second kappa shape index (κ2) is 8.40. The molecule has 0 atom stereocenters. The molecule has 1 aliphatic rings. The van der Waals surface area contributed by atoms with Crippen molar-refractivity contribution in [3.63, 3.8) is 0 Å². The molecule has 2 heterocycles. The van der Waals surface area contributed by atoms with E-state index in [2.05, 4.69) is 20.4 Å². The molecule has 0 unspecified atom stereocenters. The molecule has 0 spiro atoms. The van der Waals surface area contributed by atoms with Gasteiger partial charge in [-0.05, 0) is 49.2 Å². The number of piperidine rings is 1. The number of hydrogen-bond donors (Lipinski definition) is 1. The van der Waals surface area contributed by atoms with Gasteiger partial charge in [0.05, 0.1) is 5.69 Å². The lowest BCUT2D eigenvalue weighted by Gasteiger charge is -2.31. The van der Waals surface area contributed by atoms with E-state index in [1.165, 1.54) is 0 Å². The van der Waals surface area contributed by atoms with Gasteiger partial charge in [-0.3, -0.25) is 4.79 Å². The molecule has 0 saturated carbocycles. The van der Waals surface area contributed by atoms with Crippen LogP contribution in [0, 0.1) is 5.92 Å². The molecule has 0 aliphatic carbocycles. The molecule has 1 aliphatic heterocycles. The summed E-state index contributed by atoms with van der Waals surface area (Å²) in [4.78, 5) is 14.7. The highest BCUT2D eigenvalue weighted by molar-refractivity contribution is 6.30. The Bertz CT molecular complexity index is 921. The molecule has 1 N–H and O–H groups in total. The first kappa shape index (κ1) is 18.4. The van der Waals surface area contributed by atoms with Crippen LogP contribution in [0.2, 0.25) is 5.02 Å². The van der Waals surface area contributed by atoms with Gasteiger partial charge in [0.1, 0.15) is 0 Å². The molecule has 28 heavy (non-hydrogen) atoms. The summed E-state index contributed by atoms with van der Waals surface area (Å²) in [7, 11) is 0. The molecule has 1 saturated heterocycles. The van der Waals surface area contributed by atoms with Crippen LogP contribution in [-0.2, 0) is 4.79 Å². The second-order valence-electron chi connectivity index (χ2n) is 6.90. The van der Waals surface area contributed by atoms with E-state index in [-0.39, 0.29) is 11.8 Å². The van der Waals surface area contributed by atoms with Crippen molar-refractivity contribution < 1.29 is 4.79 Å². The molecule has 1 aromatic heterocycles. The Morgan fingerprint density at radius 1 is 0.929 bits per heavy atom. The third-order valence-electron chi connectivity index (χ3n) is 5.02. The average molecular weight is 393 g/mol. The van der Waals surface area contributed by atoms with Crippen molar-refractivity contribution in [3.8, 4) is 11.3 Å². The zero-order chi connectivity index (χ0) is 19.3. The number of anilines is 2. The number of aromatic nitrogens is 2. The summed E-state index contributed by atoms with van der Waals surface area (Å²) in [6.07, 6.45) is 1.59. The van der Waals surface area contributed by atoms with Gasteiger partial charge in [0.2, 0.25) is 5.91 Å². The minimum Gasteiger partial charge on any atom is -0.355 e. The van der Waals surface area contributed by atoms with E-state index in [0.29, 0.717) is 5.02 Å². The third kappa shape index (κ3) is 4.31. The maximum Gasteiger partial charge on any atom is 0.227 e. The predicted octanol–water partition coefficient (Wildman–Crippen LogP) is 4.65. The van der Waals surface area contributed by atoms with Gasteiger partial charge in [0.25, 0.3) is 0 Å². The molecule has 5 nitrogen and oxygen atoms in total. The highest BCUT2D eigenvalue weighted by Crippen LogP contribution is 2.24. The minimum absolute atomic E-state index is 0.00322. The van der Waals surface area contributed by atoms with Crippen LogP contribution in [0.1, 0.15) is 12.8 Å². The molecule has 0 bridgehead atoms. The minimum atomic E-state index is 0.00322. The molecule has 1 amide bonds. The van der Waals surface area contributed by atoms with Crippen molar-refractivity contribution in [2.24, 2.45) is 5.92 Å². The van der Waals surface area contributed by atoms with Crippen molar-refractivity contribution in [1.29, 1.82) is 0 Å². The molecule has 1 fully saturated rings. The van der Waals surface area contributed by atoms with Gasteiger partial charge in [-0.15, -0.1) is 10.2 Å². The largest absolute Gasteiger partial charge is 0.355 e. The number of benzene rings is 2. The van der Waals surface area contributed by atoms with Gasteiger partial charge in [0.15, 0.2) is 5.82 Å². The van der Waals surface area contributed by atoms with Gasteiger partial charge in [0, 0.05) is 35.3 Å². The normalized spacial score (nSPS) is 14.7. The van der Waals surface area contributed by atoms with Crippen LogP contribution in [-0.4, -0.2) is 29.2 Å². The molecule has 3 aromatic rings. The Labute approximate surface area is 169 Å². The van der Waals surface area contributed by atoms with Crippen LogP contribution in [0.3, 0.4) is 0 Å². The maximum atomic E-state index is 12.5. The number of nitrogens with zero attached hydrogens (tertiary/aromatic N) is 3. The highest BCUT2D eigenvalue weighted by Gasteiger charge is 2.25. The Kier molecular flexibility index (Phi) is 5.53. The predicted molar refractivity (Wildman–Crippen MR) is 112 cm³/mol. The Balaban J connectivity index is 1.33. The first-order chi connectivity index (χ1) is 13.7. The lowest BCUT2D eigenvalue weighted by atomic mass is 9.96. The Morgan fingerprint density at radius 3 is 2.29 bits per heavy atom. The number of carbonyl (C=O) groups is 1. The first-order valence-corrected chi connectivity index (χ1v) is 9.77. The van der Waals surface area contributed by atoms with Crippen molar-refractivity contribution in [3.05, 3.63) is 71.8 Å². The van der Waals surface area contributed by atoms with E-state index in [9.17, 15) is 4.79 Å². The number of nitrogens with one attached hydrogen (secondary N) is 1. The zero-order valence-electron chi connectivity index (χ0n) is 15.4. The Hall–Kier alpha value is -2.92. The van der Waals surface area contributed by atoms with Crippen LogP contribution in [0.5, 0.6) is 0 Å². The maximum absolute atomic E-state index is 12.5. The molecule has 2 aromatic carbocycles. The summed E-state index contributed by atoms with van der Waals surface area (Å²) in [5, 5.41) is 12.4. The lowest BCUT2D eigenvalue weighted by Crippen LogP contribution is -2.38. The number of rotatable bonds is 4. The third-order valence-corrected chi connectivity index (χ3v) is 5.27. The summed E-state index contributed by atoms with van der Waals surface area (Å²) < 4.78 is 0. The van der Waals surface area contributed by atoms with Gasteiger partial charge >= 0.3 is 0 Å². The van der Waals surface area contributed by atoms with Crippen LogP contribution >= 0.6 is 11.6 Å². The molecule has 4 rings (SSSR count).